The van der Waals surface area contributed by atoms with Crippen molar-refractivity contribution in [2.24, 2.45) is 0 Å². The molecule has 2 unspecified atom stereocenters. The van der Waals surface area contributed by atoms with E-state index >= 15 is 0 Å². The van der Waals surface area contributed by atoms with Crippen LogP contribution in [0.5, 0.6) is 0 Å². The first-order chi connectivity index (χ1) is 9.05. The Bertz CT molecular complexity index is 513. The van der Waals surface area contributed by atoms with Gasteiger partial charge in [0.05, 0.1) is 6.54 Å². The number of sulfonamides is 1. The normalized spacial score (nSPS) is 23.9. The predicted octanol–water partition coefficient (Wildman–Crippen LogP) is 1.56. The van der Waals surface area contributed by atoms with Crippen molar-refractivity contribution in [3.63, 3.8) is 0 Å². The van der Waals surface area contributed by atoms with Crippen molar-refractivity contribution in [2.45, 2.75) is 42.2 Å². The molecule has 1 aliphatic rings. The molecular weight excluding hydrogens is 284 g/mol. The minimum atomic E-state index is -3.53. The van der Waals surface area contributed by atoms with E-state index in [1.54, 1.807) is 24.9 Å². The SMILES string of the molecule is CNCc1ccc(S(=O)(=O)NC2CCC(SC)C2)o1. The molecule has 1 aromatic rings. The Morgan fingerprint density at radius 3 is 2.84 bits per heavy atom. The summed E-state index contributed by atoms with van der Waals surface area (Å²) >= 11 is 1.80. The average molecular weight is 304 g/mol. The highest BCUT2D eigenvalue weighted by atomic mass is 32.2. The van der Waals surface area contributed by atoms with Crippen LogP contribution in [-0.2, 0) is 16.6 Å². The van der Waals surface area contributed by atoms with E-state index in [1.807, 2.05) is 0 Å². The van der Waals surface area contributed by atoms with Crippen molar-refractivity contribution in [1.29, 1.82) is 0 Å². The van der Waals surface area contributed by atoms with Gasteiger partial charge in [0.1, 0.15) is 5.76 Å². The Morgan fingerprint density at radius 1 is 1.42 bits per heavy atom. The Kier molecular flexibility index (Phi) is 4.94. The van der Waals surface area contributed by atoms with Crippen molar-refractivity contribution >= 4 is 21.8 Å². The molecule has 1 saturated carbocycles. The number of nitrogens with one attached hydrogen (secondary N) is 2. The van der Waals surface area contributed by atoms with Crippen LogP contribution in [0.1, 0.15) is 25.0 Å². The quantitative estimate of drug-likeness (QED) is 0.834. The van der Waals surface area contributed by atoms with E-state index in [9.17, 15) is 8.42 Å². The molecule has 0 radical (unpaired) electrons. The summed E-state index contributed by atoms with van der Waals surface area (Å²) in [6.07, 6.45) is 4.93. The number of thioether (sulfide) groups is 1. The molecule has 5 nitrogen and oxygen atoms in total. The van der Waals surface area contributed by atoms with Gasteiger partial charge in [-0.25, -0.2) is 13.1 Å². The highest BCUT2D eigenvalue weighted by molar-refractivity contribution is 7.99. The van der Waals surface area contributed by atoms with Crippen LogP contribution in [0.4, 0.5) is 0 Å². The van der Waals surface area contributed by atoms with Crippen molar-refractivity contribution in [3.8, 4) is 0 Å². The van der Waals surface area contributed by atoms with E-state index in [0.29, 0.717) is 17.6 Å². The van der Waals surface area contributed by atoms with Crippen LogP contribution < -0.4 is 10.0 Å². The zero-order chi connectivity index (χ0) is 13.9. The first-order valence-electron chi connectivity index (χ1n) is 6.33. The van der Waals surface area contributed by atoms with Crippen LogP contribution in [0.2, 0.25) is 0 Å². The van der Waals surface area contributed by atoms with Gasteiger partial charge in [0.15, 0.2) is 0 Å². The monoisotopic (exact) mass is 304 g/mol. The third kappa shape index (κ3) is 3.75. The Morgan fingerprint density at radius 2 is 2.21 bits per heavy atom. The first-order valence-corrected chi connectivity index (χ1v) is 9.10. The molecule has 2 N–H and O–H groups in total. The number of rotatable bonds is 6. The fourth-order valence-corrected chi connectivity index (χ4v) is 4.34. The topological polar surface area (TPSA) is 71.3 Å². The summed E-state index contributed by atoms with van der Waals surface area (Å²) < 4.78 is 32.4. The first kappa shape index (κ1) is 14.9. The van der Waals surface area contributed by atoms with Crippen LogP contribution in [-0.4, -0.2) is 33.0 Å². The fourth-order valence-electron chi connectivity index (χ4n) is 2.31. The molecule has 2 atom stereocenters. The van der Waals surface area contributed by atoms with E-state index in [-0.39, 0.29) is 11.1 Å². The van der Waals surface area contributed by atoms with Crippen LogP contribution in [0.15, 0.2) is 21.6 Å². The van der Waals surface area contributed by atoms with E-state index in [0.717, 1.165) is 19.3 Å². The van der Waals surface area contributed by atoms with Crippen molar-refractivity contribution in [3.05, 3.63) is 17.9 Å². The summed E-state index contributed by atoms with van der Waals surface area (Å²) in [6.45, 7) is 0.521. The lowest BCUT2D eigenvalue weighted by atomic mass is 10.3. The number of hydrogen-bond acceptors (Lipinski definition) is 5. The van der Waals surface area contributed by atoms with Gasteiger partial charge in [0.2, 0.25) is 5.09 Å². The molecule has 0 aliphatic heterocycles. The maximum Gasteiger partial charge on any atom is 0.274 e. The Balaban J connectivity index is 2.01. The lowest BCUT2D eigenvalue weighted by Gasteiger charge is -2.11. The lowest BCUT2D eigenvalue weighted by molar-refractivity contribution is 0.402. The van der Waals surface area contributed by atoms with E-state index in [1.165, 1.54) is 6.07 Å². The van der Waals surface area contributed by atoms with E-state index < -0.39 is 10.0 Å². The smallest absolute Gasteiger partial charge is 0.274 e. The molecule has 1 heterocycles. The largest absolute Gasteiger partial charge is 0.447 e. The summed E-state index contributed by atoms with van der Waals surface area (Å²) in [7, 11) is -1.74. The van der Waals surface area contributed by atoms with Gasteiger partial charge in [-0.05, 0) is 44.7 Å². The molecule has 7 heteroatoms. The minimum Gasteiger partial charge on any atom is -0.447 e. The summed E-state index contributed by atoms with van der Waals surface area (Å²) in [4.78, 5) is 0. The van der Waals surface area contributed by atoms with Crippen LogP contribution in [0.3, 0.4) is 0 Å². The van der Waals surface area contributed by atoms with Gasteiger partial charge < -0.3 is 9.73 Å². The van der Waals surface area contributed by atoms with Gasteiger partial charge in [-0.15, -0.1) is 0 Å². The molecule has 1 fully saturated rings. The highest BCUT2D eigenvalue weighted by Gasteiger charge is 2.29. The molecule has 0 bridgehead atoms. The van der Waals surface area contributed by atoms with Crippen LogP contribution in [0, 0.1) is 0 Å². The molecule has 2 rings (SSSR count). The summed E-state index contributed by atoms with van der Waals surface area (Å²) in [5, 5.41) is 3.49. The van der Waals surface area contributed by atoms with E-state index in [4.69, 9.17) is 4.42 Å². The molecule has 0 amide bonds. The van der Waals surface area contributed by atoms with Gasteiger partial charge in [-0.2, -0.15) is 11.8 Å². The zero-order valence-corrected chi connectivity index (χ0v) is 12.8. The second-order valence-electron chi connectivity index (χ2n) is 4.74. The molecule has 108 valence electrons. The standard InChI is InChI=1S/C12H20N2O3S2/c1-13-8-10-4-6-12(17-10)19(15,16)14-9-3-5-11(7-9)18-2/h4,6,9,11,13-14H,3,5,7-8H2,1-2H3. The van der Waals surface area contributed by atoms with Crippen LogP contribution >= 0.6 is 11.8 Å². The Labute approximate surface area is 118 Å². The van der Waals surface area contributed by atoms with Gasteiger partial charge in [0.25, 0.3) is 10.0 Å². The molecule has 0 aromatic carbocycles. The molecule has 0 spiro atoms. The lowest BCUT2D eigenvalue weighted by Crippen LogP contribution is -2.32. The van der Waals surface area contributed by atoms with Gasteiger partial charge in [0, 0.05) is 11.3 Å². The minimum absolute atomic E-state index is 0.00496. The fraction of sp³-hybridized carbons (Fsp3) is 0.667. The second-order valence-corrected chi connectivity index (χ2v) is 7.52. The predicted molar refractivity (Wildman–Crippen MR) is 76.7 cm³/mol. The van der Waals surface area contributed by atoms with Gasteiger partial charge >= 0.3 is 0 Å². The van der Waals surface area contributed by atoms with Gasteiger partial charge in [-0.3, -0.25) is 0 Å². The van der Waals surface area contributed by atoms with Crippen LogP contribution in [0.25, 0.3) is 0 Å². The molecule has 1 aromatic heterocycles. The summed E-state index contributed by atoms with van der Waals surface area (Å²) in [6, 6.07) is 3.22. The van der Waals surface area contributed by atoms with E-state index in [2.05, 4.69) is 16.3 Å². The van der Waals surface area contributed by atoms with Crippen molar-refractivity contribution in [2.75, 3.05) is 13.3 Å². The Hall–Kier alpha value is -0.500. The third-order valence-electron chi connectivity index (χ3n) is 3.29. The number of furan rings is 1. The average Bonchev–Trinajstić information content (AvgIpc) is 2.98. The molecule has 1 aliphatic carbocycles. The molecule has 0 saturated heterocycles. The molecular formula is C12H20N2O3S2. The van der Waals surface area contributed by atoms with Gasteiger partial charge in [-0.1, -0.05) is 0 Å². The summed E-state index contributed by atoms with van der Waals surface area (Å²) in [5.74, 6) is 0.622. The maximum absolute atomic E-state index is 12.2. The highest BCUT2D eigenvalue weighted by Crippen LogP contribution is 2.29. The van der Waals surface area contributed by atoms with Crippen molar-refractivity contribution in [1.82, 2.24) is 10.0 Å². The van der Waals surface area contributed by atoms with Crippen molar-refractivity contribution < 1.29 is 12.8 Å². The molecule has 19 heavy (non-hydrogen) atoms. The second kappa shape index (κ2) is 6.30. The number of hydrogen-bond donors (Lipinski definition) is 2. The zero-order valence-electron chi connectivity index (χ0n) is 11.2. The third-order valence-corrected chi connectivity index (χ3v) is 5.78. The maximum atomic E-state index is 12.2. The summed E-state index contributed by atoms with van der Waals surface area (Å²) in [5.41, 5.74) is 0.